The van der Waals surface area contributed by atoms with Gasteiger partial charge in [0.2, 0.25) is 20.0 Å². The number of nitrogens with two attached hydrogens (primary N) is 1. The zero-order chi connectivity index (χ0) is 20.2. The minimum absolute atomic E-state index is 0.0273. The van der Waals surface area contributed by atoms with Crippen LogP contribution in [0.3, 0.4) is 0 Å². The first kappa shape index (κ1) is 21.6. The molecule has 2 rings (SSSR count). The van der Waals surface area contributed by atoms with Crippen LogP contribution in [0.1, 0.15) is 32.1 Å². The highest BCUT2D eigenvalue weighted by molar-refractivity contribution is 7.90. The van der Waals surface area contributed by atoms with Gasteiger partial charge in [-0.2, -0.15) is 4.72 Å². The third-order valence-corrected chi connectivity index (χ3v) is 6.73. The second-order valence-electron chi connectivity index (χ2n) is 5.90. The summed E-state index contributed by atoms with van der Waals surface area (Å²) in [6, 6.07) is 2.14. The highest BCUT2D eigenvalue weighted by Gasteiger charge is 2.31. The number of anilines is 1. The molecule has 1 aliphatic heterocycles. The normalized spacial score (nSPS) is 18.4. The van der Waals surface area contributed by atoms with Gasteiger partial charge in [0, 0.05) is 0 Å². The molecule has 4 N–H and O–H groups in total. The summed E-state index contributed by atoms with van der Waals surface area (Å²) in [6.45, 7) is 0.0273. The van der Waals surface area contributed by atoms with Crippen LogP contribution in [0, 0.1) is 10.1 Å². The fourth-order valence-electron chi connectivity index (χ4n) is 2.63. The van der Waals surface area contributed by atoms with Crippen molar-refractivity contribution < 1.29 is 26.8 Å². The van der Waals surface area contributed by atoms with Crippen LogP contribution in [-0.2, 0) is 24.9 Å². The number of hydrogen-bond acceptors (Lipinski definition) is 8. The number of benzene rings is 1. The molecule has 152 valence electrons. The van der Waals surface area contributed by atoms with Crippen LogP contribution in [-0.4, -0.2) is 34.7 Å². The number of hydrogen-bond donors (Lipinski definition) is 3. The van der Waals surface area contributed by atoms with Gasteiger partial charge in [-0.25, -0.2) is 22.0 Å². The zero-order valence-electron chi connectivity index (χ0n) is 14.1. The van der Waals surface area contributed by atoms with Crippen molar-refractivity contribution in [2.45, 2.75) is 48.1 Å². The highest BCUT2D eigenvalue weighted by atomic mass is 35.5. The van der Waals surface area contributed by atoms with Crippen LogP contribution in [0.5, 0.6) is 0 Å². The third kappa shape index (κ3) is 5.90. The van der Waals surface area contributed by atoms with Gasteiger partial charge in [-0.1, -0.05) is 30.9 Å². The Morgan fingerprint density at radius 1 is 1.26 bits per heavy atom. The van der Waals surface area contributed by atoms with Crippen LogP contribution < -0.4 is 15.2 Å². The van der Waals surface area contributed by atoms with Gasteiger partial charge in [-0.15, -0.1) is 10.1 Å². The van der Waals surface area contributed by atoms with E-state index in [1.165, 1.54) is 6.07 Å². The molecule has 0 aliphatic carbocycles. The van der Waals surface area contributed by atoms with Gasteiger partial charge in [0.1, 0.15) is 9.79 Å². The minimum Gasteiger partial charge on any atom is -0.368 e. The Morgan fingerprint density at radius 3 is 2.56 bits per heavy atom. The van der Waals surface area contributed by atoms with E-state index in [0.29, 0.717) is 25.7 Å². The van der Waals surface area contributed by atoms with Crippen molar-refractivity contribution in [3.8, 4) is 0 Å². The molecule has 1 aliphatic rings. The van der Waals surface area contributed by atoms with Gasteiger partial charge in [0.05, 0.1) is 23.5 Å². The molecule has 0 saturated heterocycles. The molecule has 11 nitrogen and oxygen atoms in total. The number of unbranched alkanes of at least 4 members (excludes halogenated alkanes) is 3. The molecule has 0 saturated carbocycles. The van der Waals surface area contributed by atoms with Crippen molar-refractivity contribution in [3.63, 3.8) is 0 Å². The Bertz CT molecular complexity index is 921. The van der Waals surface area contributed by atoms with Gasteiger partial charge in [-0.3, -0.25) is 0 Å². The number of nitrogens with zero attached hydrogens (tertiary/aromatic N) is 1. The fraction of sp³-hybridized carbons (Fsp3) is 0.538. The van der Waals surface area contributed by atoms with Gasteiger partial charge in [0.15, 0.2) is 0 Å². The average Bonchev–Trinajstić information content (AvgIpc) is 2.51. The standard InChI is InChI=1S/C13H19ClN4O7S2/c14-9-7-10-12(8-11(9)26(15,21)22)27(23,24)17-13(16-10)5-3-1-2-4-6-25-18(19)20/h7-8,13,16-17H,1-6H2,(H2,15,21,22). The lowest BCUT2D eigenvalue weighted by Gasteiger charge is -2.28. The molecule has 0 radical (unpaired) electrons. The van der Waals surface area contributed by atoms with Crippen molar-refractivity contribution >= 4 is 37.3 Å². The summed E-state index contributed by atoms with van der Waals surface area (Å²) in [6.07, 6.45) is 2.50. The minimum atomic E-state index is -4.17. The maximum absolute atomic E-state index is 12.4. The Kier molecular flexibility index (Phi) is 6.86. The van der Waals surface area contributed by atoms with Crippen LogP contribution in [0.4, 0.5) is 5.69 Å². The molecule has 0 aromatic heterocycles. The van der Waals surface area contributed by atoms with Gasteiger partial charge in [-0.05, 0) is 25.0 Å². The first-order chi connectivity index (χ1) is 12.5. The Morgan fingerprint density at radius 2 is 1.93 bits per heavy atom. The number of sulfonamides is 2. The summed E-state index contributed by atoms with van der Waals surface area (Å²) in [7, 11) is -8.10. The van der Waals surface area contributed by atoms with E-state index in [4.69, 9.17) is 16.7 Å². The van der Waals surface area contributed by atoms with E-state index in [1.54, 1.807) is 0 Å². The Labute approximate surface area is 161 Å². The number of fused-ring (bicyclic) bond motifs is 1. The summed E-state index contributed by atoms with van der Waals surface area (Å²) in [4.78, 5) is 13.5. The van der Waals surface area contributed by atoms with E-state index in [2.05, 4.69) is 14.9 Å². The van der Waals surface area contributed by atoms with E-state index < -0.39 is 36.2 Å². The number of halogens is 1. The molecular weight excluding hydrogens is 424 g/mol. The molecule has 0 bridgehead atoms. The molecule has 1 heterocycles. The summed E-state index contributed by atoms with van der Waals surface area (Å²) >= 11 is 5.91. The Balaban J connectivity index is 1.98. The first-order valence-electron chi connectivity index (χ1n) is 7.93. The predicted molar refractivity (Wildman–Crippen MR) is 96.6 cm³/mol. The second kappa shape index (κ2) is 8.56. The first-order valence-corrected chi connectivity index (χ1v) is 11.3. The average molecular weight is 443 g/mol. The van der Waals surface area contributed by atoms with Crippen LogP contribution in [0.2, 0.25) is 5.02 Å². The molecular formula is C13H19ClN4O7S2. The molecule has 0 fully saturated rings. The summed E-state index contributed by atoms with van der Waals surface area (Å²) in [5.41, 5.74) is 0.190. The van der Waals surface area contributed by atoms with Gasteiger partial charge >= 0.3 is 0 Å². The monoisotopic (exact) mass is 442 g/mol. The smallest absolute Gasteiger partial charge is 0.294 e. The summed E-state index contributed by atoms with van der Waals surface area (Å²) in [5.74, 6) is 0. The lowest BCUT2D eigenvalue weighted by atomic mass is 10.1. The maximum atomic E-state index is 12.4. The van der Waals surface area contributed by atoms with Crippen LogP contribution in [0.15, 0.2) is 21.9 Å². The van der Waals surface area contributed by atoms with Gasteiger partial charge < -0.3 is 10.2 Å². The maximum Gasteiger partial charge on any atom is 0.294 e. The van der Waals surface area contributed by atoms with Crippen molar-refractivity contribution in [2.24, 2.45) is 5.14 Å². The van der Waals surface area contributed by atoms with Crippen LogP contribution >= 0.6 is 11.6 Å². The predicted octanol–water partition coefficient (Wildman–Crippen LogP) is 1.18. The van der Waals surface area contributed by atoms with Gasteiger partial charge in [0.25, 0.3) is 5.09 Å². The summed E-state index contributed by atoms with van der Waals surface area (Å²) < 4.78 is 50.3. The molecule has 27 heavy (non-hydrogen) atoms. The number of rotatable bonds is 9. The fourth-order valence-corrected chi connectivity index (χ4v) is 5.16. The summed E-state index contributed by atoms with van der Waals surface area (Å²) in [5, 5.41) is 17.0. The van der Waals surface area contributed by atoms with Crippen LogP contribution in [0.25, 0.3) is 0 Å². The molecule has 1 unspecified atom stereocenters. The lowest BCUT2D eigenvalue weighted by Crippen LogP contribution is -2.44. The van der Waals surface area contributed by atoms with Crippen molar-refractivity contribution in [3.05, 3.63) is 27.3 Å². The molecule has 1 aromatic rings. The van der Waals surface area contributed by atoms with E-state index in [0.717, 1.165) is 12.5 Å². The zero-order valence-corrected chi connectivity index (χ0v) is 16.4. The van der Waals surface area contributed by atoms with E-state index >= 15 is 0 Å². The van der Waals surface area contributed by atoms with E-state index in [9.17, 15) is 26.9 Å². The molecule has 0 spiro atoms. The largest absolute Gasteiger partial charge is 0.368 e. The topological polar surface area (TPSA) is 171 Å². The second-order valence-corrected chi connectivity index (χ2v) is 9.52. The lowest BCUT2D eigenvalue weighted by molar-refractivity contribution is -0.757. The number of primary sulfonamides is 1. The highest BCUT2D eigenvalue weighted by Crippen LogP contribution is 2.34. The van der Waals surface area contributed by atoms with E-state index in [-0.39, 0.29) is 22.2 Å². The molecule has 1 atom stereocenters. The molecule has 0 amide bonds. The van der Waals surface area contributed by atoms with Crippen molar-refractivity contribution in [2.75, 3.05) is 11.9 Å². The SMILES string of the molecule is NS(=O)(=O)c1cc2c(cc1Cl)NC(CCCCCCO[N+](=O)[O-])NS2(=O)=O. The number of nitrogens with one attached hydrogen (secondary N) is 2. The van der Waals surface area contributed by atoms with E-state index in [1.807, 2.05) is 0 Å². The molecule has 1 aromatic carbocycles. The van der Waals surface area contributed by atoms with Crippen molar-refractivity contribution in [1.29, 1.82) is 0 Å². The van der Waals surface area contributed by atoms with Crippen molar-refractivity contribution in [1.82, 2.24) is 4.72 Å². The Hall–Kier alpha value is -1.67. The molecule has 14 heteroatoms. The quantitative estimate of drug-likeness (QED) is 0.290. The third-order valence-electron chi connectivity index (χ3n) is 3.84.